The lowest BCUT2D eigenvalue weighted by Crippen LogP contribution is -2.35. The fourth-order valence-electron chi connectivity index (χ4n) is 5.10. The summed E-state index contributed by atoms with van der Waals surface area (Å²) in [4.78, 5) is 45.4. The molecule has 1 fully saturated rings. The summed E-state index contributed by atoms with van der Waals surface area (Å²) >= 11 is 1.67. The maximum Gasteiger partial charge on any atom is 0.339 e. The number of aromatic nitrogens is 1. The number of pyridine rings is 1. The number of carbonyl (C=O) groups excluding carboxylic acids is 3. The van der Waals surface area contributed by atoms with E-state index in [1.165, 1.54) is 4.90 Å². The quantitative estimate of drug-likeness (QED) is 0.425. The van der Waals surface area contributed by atoms with Crippen molar-refractivity contribution in [1.82, 2.24) is 9.88 Å². The van der Waals surface area contributed by atoms with Crippen LogP contribution < -0.4 is 0 Å². The lowest BCUT2D eigenvalue weighted by molar-refractivity contribution is -0.143. The van der Waals surface area contributed by atoms with Crippen LogP contribution in [0.15, 0.2) is 41.8 Å². The van der Waals surface area contributed by atoms with Crippen molar-refractivity contribution in [2.45, 2.75) is 46.5 Å². The molecule has 6 nitrogen and oxygen atoms in total. The molecule has 5 rings (SSSR count). The van der Waals surface area contributed by atoms with Gasteiger partial charge in [-0.3, -0.25) is 14.5 Å². The SMILES string of the molecule is CC(C)(C)[C@@H]1C/C(=C/c2cccs2)c2nc3ccccc3c(C(=O)OCC(=O)N3CCCC3=O)c2C1. The fraction of sp³-hybridized carbons (Fsp3) is 0.379. The molecule has 2 aromatic heterocycles. The zero-order chi connectivity index (χ0) is 25.4. The van der Waals surface area contributed by atoms with E-state index in [4.69, 9.17) is 9.72 Å². The van der Waals surface area contributed by atoms with Crippen LogP contribution in [0.4, 0.5) is 0 Å². The molecule has 0 saturated carbocycles. The number of hydrogen-bond donors (Lipinski definition) is 0. The second-order valence-electron chi connectivity index (χ2n) is 10.6. The number of allylic oxidation sites excluding steroid dienone is 1. The predicted molar refractivity (Wildman–Crippen MR) is 141 cm³/mol. The van der Waals surface area contributed by atoms with Gasteiger partial charge in [0.15, 0.2) is 6.61 Å². The molecule has 0 radical (unpaired) electrons. The smallest absolute Gasteiger partial charge is 0.339 e. The summed E-state index contributed by atoms with van der Waals surface area (Å²) in [7, 11) is 0. The monoisotopic (exact) mass is 502 g/mol. The molecule has 0 N–H and O–H groups in total. The Morgan fingerprint density at radius 3 is 2.67 bits per heavy atom. The number of esters is 1. The van der Waals surface area contributed by atoms with Crippen molar-refractivity contribution < 1.29 is 19.1 Å². The second-order valence-corrected chi connectivity index (χ2v) is 11.6. The Kier molecular flexibility index (Phi) is 6.51. The van der Waals surface area contributed by atoms with Crippen LogP contribution in [0.1, 0.15) is 66.5 Å². The number of likely N-dealkylation sites (tertiary alicyclic amines) is 1. The van der Waals surface area contributed by atoms with Gasteiger partial charge in [-0.25, -0.2) is 9.78 Å². The molecule has 0 unspecified atom stereocenters. The van der Waals surface area contributed by atoms with Gasteiger partial charge in [0.2, 0.25) is 5.91 Å². The first-order valence-corrected chi connectivity index (χ1v) is 13.3. The van der Waals surface area contributed by atoms with Crippen molar-refractivity contribution in [3.05, 3.63) is 63.5 Å². The average Bonchev–Trinajstić information content (AvgIpc) is 3.52. The van der Waals surface area contributed by atoms with Crippen molar-refractivity contribution >= 4 is 51.7 Å². The number of thiophene rings is 1. The van der Waals surface area contributed by atoms with E-state index in [2.05, 4.69) is 38.3 Å². The number of benzene rings is 1. The maximum absolute atomic E-state index is 13.6. The molecule has 1 aliphatic carbocycles. The van der Waals surface area contributed by atoms with Crippen LogP contribution in [-0.2, 0) is 20.7 Å². The zero-order valence-corrected chi connectivity index (χ0v) is 21.7. The summed E-state index contributed by atoms with van der Waals surface area (Å²) in [6.45, 7) is 6.61. The normalized spacial score (nSPS) is 19.1. The van der Waals surface area contributed by atoms with Crippen molar-refractivity contribution in [1.29, 1.82) is 0 Å². The fourth-order valence-corrected chi connectivity index (χ4v) is 5.79. The van der Waals surface area contributed by atoms with Gasteiger partial charge >= 0.3 is 5.97 Å². The number of hydrogen-bond acceptors (Lipinski definition) is 6. The van der Waals surface area contributed by atoms with Gasteiger partial charge in [0, 0.05) is 23.2 Å². The third-order valence-corrected chi connectivity index (χ3v) is 8.02. The minimum Gasteiger partial charge on any atom is -0.452 e. The molecule has 1 aromatic carbocycles. The van der Waals surface area contributed by atoms with Crippen LogP contribution in [0.3, 0.4) is 0 Å². The van der Waals surface area contributed by atoms with Crippen molar-refractivity contribution in [2.75, 3.05) is 13.2 Å². The first-order chi connectivity index (χ1) is 17.2. The molecular formula is C29H30N2O4S. The molecule has 2 aliphatic rings. The number of nitrogens with zero attached hydrogens (tertiary/aromatic N) is 2. The molecule has 1 atom stereocenters. The third kappa shape index (κ3) is 4.72. The van der Waals surface area contributed by atoms with E-state index < -0.39 is 18.5 Å². The molecular weight excluding hydrogens is 472 g/mol. The van der Waals surface area contributed by atoms with Gasteiger partial charge in [-0.1, -0.05) is 45.0 Å². The maximum atomic E-state index is 13.6. The predicted octanol–water partition coefficient (Wildman–Crippen LogP) is 5.75. The van der Waals surface area contributed by atoms with Crippen molar-refractivity contribution in [3.63, 3.8) is 0 Å². The highest BCUT2D eigenvalue weighted by atomic mass is 32.1. The first-order valence-electron chi connectivity index (χ1n) is 12.4. The number of ether oxygens (including phenoxy) is 1. The number of imide groups is 1. The Hall–Kier alpha value is -3.32. The van der Waals surface area contributed by atoms with Crippen LogP contribution in [0.2, 0.25) is 0 Å². The standard InChI is InChI=1S/C29H30N2O4S/c1-29(2,3)19-14-18(15-20-8-7-13-36-20)27-22(16-19)26(21-9-4-5-10-23(21)30-27)28(34)35-17-25(33)31-12-6-11-24(31)32/h4-5,7-10,13,15,19H,6,11-12,14,16-17H2,1-3H3/b18-15-/t19-/m1/s1. The van der Waals surface area contributed by atoms with E-state index >= 15 is 0 Å². The number of amides is 2. The van der Waals surface area contributed by atoms with E-state index in [1.54, 1.807) is 11.3 Å². The number of carbonyl (C=O) groups is 3. The summed E-state index contributed by atoms with van der Waals surface area (Å²) in [5.74, 6) is -0.924. The number of fused-ring (bicyclic) bond motifs is 2. The van der Waals surface area contributed by atoms with Crippen LogP contribution in [0.5, 0.6) is 0 Å². The molecule has 7 heteroatoms. The van der Waals surface area contributed by atoms with E-state index in [-0.39, 0.29) is 11.3 Å². The molecule has 36 heavy (non-hydrogen) atoms. The third-order valence-electron chi connectivity index (χ3n) is 7.20. The molecule has 1 saturated heterocycles. The molecule has 2 amide bonds. The van der Waals surface area contributed by atoms with E-state index in [1.807, 2.05) is 30.3 Å². The Balaban J connectivity index is 1.58. The molecule has 186 valence electrons. The lowest BCUT2D eigenvalue weighted by Gasteiger charge is -2.36. The zero-order valence-electron chi connectivity index (χ0n) is 20.9. The van der Waals surface area contributed by atoms with Crippen molar-refractivity contribution in [3.8, 4) is 0 Å². The summed E-state index contributed by atoms with van der Waals surface area (Å²) in [5, 5.41) is 2.77. The number of rotatable bonds is 4. The van der Waals surface area contributed by atoms with Gasteiger partial charge in [0.05, 0.1) is 16.8 Å². The van der Waals surface area contributed by atoms with Gasteiger partial charge in [-0.2, -0.15) is 0 Å². The molecule has 3 heterocycles. The Bertz CT molecular complexity index is 1370. The molecule has 0 bridgehead atoms. The summed E-state index contributed by atoms with van der Waals surface area (Å²) in [6, 6.07) is 11.7. The summed E-state index contributed by atoms with van der Waals surface area (Å²) in [6.07, 6.45) is 4.75. The second kappa shape index (κ2) is 9.62. The average molecular weight is 503 g/mol. The minimum absolute atomic E-state index is 0.0190. The van der Waals surface area contributed by atoms with Crippen LogP contribution in [0.25, 0.3) is 22.6 Å². The van der Waals surface area contributed by atoms with E-state index in [0.717, 1.165) is 39.0 Å². The lowest BCUT2D eigenvalue weighted by atomic mass is 9.69. The van der Waals surface area contributed by atoms with Gasteiger partial charge in [0.1, 0.15) is 0 Å². The van der Waals surface area contributed by atoms with Crippen LogP contribution in [-0.4, -0.2) is 40.8 Å². The largest absolute Gasteiger partial charge is 0.452 e. The Labute approximate surface area is 215 Å². The van der Waals surface area contributed by atoms with Crippen molar-refractivity contribution in [2.24, 2.45) is 11.3 Å². The minimum atomic E-state index is -0.546. The van der Waals surface area contributed by atoms with E-state index in [0.29, 0.717) is 37.3 Å². The topological polar surface area (TPSA) is 76.6 Å². The first kappa shape index (κ1) is 24.4. The van der Waals surface area contributed by atoms with Gasteiger partial charge in [-0.15, -0.1) is 11.3 Å². The van der Waals surface area contributed by atoms with Gasteiger partial charge < -0.3 is 4.74 Å². The van der Waals surface area contributed by atoms with Gasteiger partial charge in [0.25, 0.3) is 5.91 Å². The Morgan fingerprint density at radius 1 is 1.17 bits per heavy atom. The van der Waals surface area contributed by atoms with E-state index in [9.17, 15) is 14.4 Å². The molecule has 1 aliphatic heterocycles. The summed E-state index contributed by atoms with van der Waals surface area (Å²) < 4.78 is 5.56. The molecule has 3 aromatic rings. The highest BCUT2D eigenvalue weighted by Crippen LogP contribution is 2.45. The van der Waals surface area contributed by atoms with Crippen LogP contribution in [0, 0.1) is 11.3 Å². The van der Waals surface area contributed by atoms with Gasteiger partial charge in [-0.05, 0) is 65.3 Å². The highest BCUT2D eigenvalue weighted by Gasteiger charge is 2.36. The highest BCUT2D eigenvalue weighted by molar-refractivity contribution is 7.10. The Morgan fingerprint density at radius 2 is 1.97 bits per heavy atom. The number of para-hydroxylation sites is 1. The summed E-state index contributed by atoms with van der Waals surface area (Å²) in [5.41, 5.74) is 4.02. The van der Waals surface area contributed by atoms with Crippen LogP contribution >= 0.6 is 11.3 Å². The molecule has 0 spiro atoms.